The molecule has 0 saturated carbocycles. The van der Waals surface area contributed by atoms with Crippen molar-refractivity contribution in [2.75, 3.05) is 33.3 Å². The largest absolute Gasteiger partial charge is 0.504 e. The number of piperidine rings is 1. The van der Waals surface area contributed by atoms with Crippen LogP contribution in [0.3, 0.4) is 0 Å². The van der Waals surface area contributed by atoms with Gasteiger partial charge in [0.25, 0.3) is 0 Å². The number of aromatic hydroxyl groups is 1. The number of carbonyl (C=O) groups is 2. The van der Waals surface area contributed by atoms with Crippen molar-refractivity contribution >= 4 is 23.7 Å². The Kier molecular flexibility index (Phi) is 7.06. The standard InChI is InChI=1S/C32H37N3O8S/c1-13-7-17-8-18-19(9-33)35-20-10-40-32(38)14(2)11-44-31(25(35)24(34(18)5)21(17)26(37)27(13)39-6)23-22(20)30-29(41-12-42-30)15(3)28(23)43-16(4)36/h7,14,18-20,23-25,28,31,37H,8,10-12H2,1-6H3/t14?,18-,19?,20-,23?,24+,25?,28?,31+/m0/s1. The molecule has 5 unspecified atom stereocenters. The number of nitriles is 1. The number of cyclic esters (lactones) is 1. The molecule has 1 aliphatic carbocycles. The first kappa shape index (κ1) is 29.3. The summed E-state index contributed by atoms with van der Waals surface area (Å²) in [4.78, 5) is 30.1. The van der Waals surface area contributed by atoms with Crippen LogP contribution in [0.25, 0.3) is 0 Å². The molecule has 5 heterocycles. The highest BCUT2D eigenvalue weighted by molar-refractivity contribution is 8.00. The first-order chi connectivity index (χ1) is 21.1. The van der Waals surface area contributed by atoms with Crippen molar-refractivity contribution in [2.45, 2.75) is 75.7 Å². The zero-order valence-electron chi connectivity index (χ0n) is 25.7. The van der Waals surface area contributed by atoms with Gasteiger partial charge in [0.15, 0.2) is 23.0 Å². The Labute approximate surface area is 260 Å². The molecule has 4 fully saturated rings. The smallest absolute Gasteiger partial charge is 0.309 e. The first-order valence-electron chi connectivity index (χ1n) is 15.0. The monoisotopic (exact) mass is 623 g/mol. The van der Waals surface area contributed by atoms with Gasteiger partial charge < -0.3 is 28.8 Å². The molecule has 44 heavy (non-hydrogen) atoms. The third-order valence-electron chi connectivity index (χ3n) is 10.3. The van der Waals surface area contributed by atoms with Crippen LogP contribution in [0.5, 0.6) is 11.5 Å². The molecule has 234 valence electrons. The van der Waals surface area contributed by atoms with Gasteiger partial charge in [-0.1, -0.05) is 13.0 Å². The predicted molar refractivity (Wildman–Crippen MR) is 158 cm³/mol. The van der Waals surface area contributed by atoms with Crippen LogP contribution < -0.4 is 4.74 Å². The summed E-state index contributed by atoms with van der Waals surface area (Å²) >= 11 is 1.62. The number of methoxy groups -OCH3 is 1. The summed E-state index contributed by atoms with van der Waals surface area (Å²) in [7, 11) is 3.58. The highest BCUT2D eigenvalue weighted by atomic mass is 32.2. The molecule has 0 radical (unpaired) electrons. The molecular weight excluding hydrogens is 586 g/mol. The number of benzene rings is 1. The normalized spacial score (nSPS) is 36.1. The fourth-order valence-electron chi connectivity index (χ4n) is 8.54. The summed E-state index contributed by atoms with van der Waals surface area (Å²) in [5, 5.41) is 22.3. The topological polar surface area (TPSA) is 131 Å². The molecule has 5 aliphatic heterocycles. The molecule has 12 heteroatoms. The maximum absolute atomic E-state index is 13.1. The fourth-order valence-corrected chi connectivity index (χ4v) is 10.2. The Morgan fingerprint density at radius 3 is 2.68 bits per heavy atom. The molecule has 4 bridgehead atoms. The lowest BCUT2D eigenvalue weighted by molar-refractivity contribution is -0.155. The minimum atomic E-state index is -0.650. The molecule has 0 amide bonds. The lowest BCUT2D eigenvalue weighted by Crippen LogP contribution is -2.75. The van der Waals surface area contributed by atoms with Gasteiger partial charge in [-0.05, 0) is 38.4 Å². The summed E-state index contributed by atoms with van der Waals surface area (Å²) < 4.78 is 29.8. The lowest BCUT2D eigenvalue weighted by atomic mass is 9.66. The van der Waals surface area contributed by atoms with E-state index in [1.54, 1.807) is 18.9 Å². The van der Waals surface area contributed by atoms with Crippen LogP contribution in [0.2, 0.25) is 0 Å². The molecule has 7 rings (SSSR count). The molecule has 1 aromatic rings. The Morgan fingerprint density at radius 2 is 1.98 bits per heavy atom. The molecule has 4 saturated heterocycles. The number of hydrogen-bond donors (Lipinski definition) is 1. The highest BCUT2D eigenvalue weighted by Crippen LogP contribution is 2.59. The summed E-state index contributed by atoms with van der Waals surface area (Å²) in [6, 6.07) is 2.72. The van der Waals surface area contributed by atoms with Crippen molar-refractivity contribution in [3.63, 3.8) is 0 Å². The molecule has 0 aromatic heterocycles. The SMILES string of the molecule is COc1c(C)cc2c(c1O)[C@@H]1C3[C@@H]4SCC(C)C(=O)OC[C@@H](C5=C6OCOC6=C(C)C(OC(C)=O)C54)N3C(C#N)[C@H](C2)N1C. The summed E-state index contributed by atoms with van der Waals surface area (Å²) in [6.45, 7) is 7.11. The van der Waals surface area contributed by atoms with Gasteiger partial charge in [0, 0.05) is 52.6 Å². The fraction of sp³-hybridized carbons (Fsp3) is 0.594. The van der Waals surface area contributed by atoms with Gasteiger partial charge in [-0.2, -0.15) is 17.0 Å². The number of aryl methyl sites for hydroxylation is 1. The number of phenolic OH excluding ortho intramolecular Hbond substituents is 1. The predicted octanol–water partition coefficient (Wildman–Crippen LogP) is 2.95. The third-order valence-corrected chi connectivity index (χ3v) is 12.0. The van der Waals surface area contributed by atoms with E-state index in [4.69, 9.17) is 23.7 Å². The van der Waals surface area contributed by atoms with E-state index in [9.17, 15) is 20.0 Å². The number of fused-ring (bicyclic) bond motifs is 8. The van der Waals surface area contributed by atoms with E-state index in [1.807, 2.05) is 27.8 Å². The van der Waals surface area contributed by atoms with Crippen molar-refractivity contribution in [3.8, 4) is 17.6 Å². The maximum Gasteiger partial charge on any atom is 0.309 e. The number of piperazine rings is 1. The van der Waals surface area contributed by atoms with Gasteiger partial charge in [0.2, 0.25) is 6.79 Å². The molecule has 9 atom stereocenters. The van der Waals surface area contributed by atoms with Crippen LogP contribution in [-0.4, -0.2) is 95.7 Å². The van der Waals surface area contributed by atoms with Gasteiger partial charge in [0.05, 0.1) is 31.2 Å². The second kappa shape index (κ2) is 10.6. The molecule has 6 aliphatic rings. The molecule has 1 N–H and O–H groups in total. The number of phenols is 1. The van der Waals surface area contributed by atoms with E-state index in [2.05, 4.69) is 21.9 Å². The van der Waals surface area contributed by atoms with Crippen molar-refractivity contribution in [1.82, 2.24) is 9.80 Å². The van der Waals surface area contributed by atoms with Gasteiger partial charge in [-0.15, -0.1) is 0 Å². The summed E-state index contributed by atoms with van der Waals surface area (Å²) in [5.74, 6) is 0.690. The van der Waals surface area contributed by atoms with Crippen molar-refractivity contribution in [1.29, 1.82) is 5.26 Å². The quantitative estimate of drug-likeness (QED) is 0.486. The number of rotatable bonds is 2. The number of nitrogens with zero attached hydrogens (tertiary/aromatic N) is 3. The minimum Gasteiger partial charge on any atom is -0.504 e. The molecule has 11 nitrogen and oxygen atoms in total. The van der Waals surface area contributed by atoms with E-state index in [0.29, 0.717) is 29.4 Å². The summed E-state index contributed by atoms with van der Waals surface area (Å²) in [5.41, 5.74) is 4.22. The number of hydrogen-bond acceptors (Lipinski definition) is 12. The van der Waals surface area contributed by atoms with Crippen LogP contribution in [0.15, 0.2) is 28.7 Å². The Balaban J connectivity index is 1.51. The summed E-state index contributed by atoms with van der Waals surface area (Å²) in [6.07, 6.45) is -0.0953. The van der Waals surface area contributed by atoms with E-state index in [1.165, 1.54) is 6.92 Å². The second-order valence-corrected chi connectivity index (χ2v) is 13.9. The zero-order chi connectivity index (χ0) is 31.2. The number of thioether (sulfide) groups is 1. The van der Waals surface area contributed by atoms with Crippen LogP contribution in [0.1, 0.15) is 43.5 Å². The van der Waals surface area contributed by atoms with Crippen LogP contribution in [-0.2, 0) is 35.0 Å². The maximum atomic E-state index is 13.1. The van der Waals surface area contributed by atoms with Crippen molar-refractivity contribution in [2.24, 2.45) is 11.8 Å². The van der Waals surface area contributed by atoms with Crippen molar-refractivity contribution < 1.29 is 38.4 Å². The Bertz CT molecular complexity index is 1550. The second-order valence-electron chi connectivity index (χ2n) is 12.6. The number of ether oxygens (including phenoxy) is 5. The Hall–Kier alpha value is -3.40. The van der Waals surface area contributed by atoms with Gasteiger partial charge in [-0.25, -0.2) is 0 Å². The number of carbonyl (C=O) groups excluding carboxylic acids is 2. The van der Waals surface area contributed by atoms with Crippen LogP contribution in [0, 0.1) is 30.1 Å². The molecular formula is C32H37N3O8S. The Morgan fingerprint density at radius 1 is 1.23 bits per heavy atom. The van der Waals surface area contributed by atoms with Crippen LogP contribution in [0.4, 0.5) is 0 Å². The third kappa shape index (κ3) is 4.01. The zero-order valence-corrected chi connectivity index (χ0v) is 26.5. The van der Waals surface area contributed by atoms with Crippen molar-refractivity contribution in [3.05, 3.63) is 45.4 Å². The van der Waals surface area contributed by atoms with Gasteiger partial charge in [-0.3, -0.25) is 19.4 Å². The minimum absolute atomic E-state index is 0.00622. The lowest BCUT2D eigenvalue weighted by Gasteiger charge is -2.64. The average Bonchev–Trinajstić information content (AvgIpc) is 3.47. The highest BCUT2D eigenvalue weighted by Gasteiger charge is 2.64. The van der Waals surface area contributed by atoms with Crippen LogP contribution >= 0.6 is 11.8 Å². The first-order valence-corrected chi connectivity index (χ1v) is 16.1. The van der Waals surface area contributed by atoms with E-state index >= 15 is 0 Å². The average molecular weight is 624 g/mol. The van der Waals surface area contributed by atoms with E-state index in [-0.39, 0.29) is 60.3 Å². The van der Waals surface area contributed by atoms with E-state index < -0.39 is 24.2 Å². The van der Waals surface area contributed by atoms with Gasteiger partial charge in [0.1, 0.15) is 18.8 Å². The number of likely N-dealkylation sites (N-methyl/N-ethyl adjacent to an activating group) is 1. The molecule has 0 spiro atoms. The molecule has 1 aromatic carbocycles. The van der Waals surface area contributed by atoms with Gasteiger partial charge >= 0.3 is 11.9 Å². The number of esters is 2. The van der Waals surface area contributed by atoms with E-state index in [0.717, 1.165) is 27.8 Å².